The molecule has 0 saturated carbocycles. The van der Waals surface area contributed by atoms with Crippen LogP contribution in [0.1, 0.15) is 76.9 Å². The van der Waals surface area contributed by atoms with E-state index in [1.165, 1.54) is 5.69 Å². The summed E-state index contributed by atoms with van der Waals surface area (Å²) in [6.07, 6.45) is 11.5. The van der Waals surface area contributed by atoms with E-state index in [1.54, 1.807) is 0 Å². The van der Waals surface area contributed by atoms with E-state index in [4.69, 9.17) is 0 Å². The van der Waals surface area contributed by atoms with Gasteiger partial charge >= 0.3 is 0 Å². The lowest BCUT2D eigenvalue weighted by atomic mass is 10.4. The molecule has 0 bridgehead atoms. The van der Waals surface area contributed by atoms with Crippen LogP contribution in [0, 0.1) is 20.8 Å². The molecule has 0 aliphatic heterocycles. The molecular formula is C21H36N6. The van der Waals surface area contributed by atoms with Crippen LogP contribution in [0.3, 0.4) is 0 Å². The topological polar surface area (TPSA) is 53.5 Å². The normalized spacial score (nSPS) is 10.7. The van der Waals surface area contributed by atoms with Crippen LogP contribution in [-0.2, 0) is 0 Å². The number of aryl methyl sites for hydroxylation is 3. The average molecular weight is 373 g/mol. The second kappa shape index (κ2) is 10.7. The van der Waals surface area contributed by atoms with Crippen LogP contribution in [0.15, 0.2) is 37.4 Å². The fourth-order valence-corrected chi connectivity index (χ4v) is 2.57. The zero-order valence-corrected chi connectivity index (χ0v) is 18.4. The van der Waals surface area contributed by atoms with Crippen molar-refractivity contribution in [2.24, 2.45) is 0 Å². The first-order valence-corrected chi connectivity index (χ1v) is 9.61. The number of imidazole rings is 3. The Kier molecular flexibility index (Phi) is 8.98. The molecule has 3 aromatic heterocycles. The van der Waals surface area contributed by atoms with E-state index in [-0.39, 0.29) is 0 Å². The van der Waals surface area contributed by atoms with Gasteiger partial charge in [0, 0.05) is 48.6 Å². The third kappa shape index (κ3) is 7.41. The first-order valence-electron chi connectivity index (χ1n) is 9.61. The van der Waals surface area contributed by atoms with Gasteiger partial charge in [0.15, 0.2) is 0 Å². The minimum absolute atomic E-state index is 0.534. The Morgan fingerprint density at radius 3 is 1.63 bits per heavy atom. The third-order valence-electron chi connectivity index (χ3n) is 4.16. The monoisotopic (exact) mass is 372 g/mol. The Labute approximate surface area is 164 Å². The molecule has 0 fully saturated rings. The molecule has 0 atom stereocenters. The lowest BCUT2D eigenvalue weighted by molar-refractivity contribution is 0.582. The van der Waals surface area contributed by atoms with Gasteiger partial charge in [0.25, 0.3) is 0 Å². The van der Waals surface area contributed by atoms with Crippen LogP contribution in [0.2, 0.25) is 0 Å². The molecule has 6 nitrogen and oxygen atoms in total. The lowest BCUT2D eigenvalue weighted by Crippen LogP contribution is -2.00. The zero-order chi connectivity index (χ0) is 20.6. The molecule has 0 N–H and O–H groups in total. The van der Waals surface area contributed by atoms with Crippen molar-refractivity contribution in [2.75, 3.05) is 0 Å². The molecule has 3 aromatic rings. The summed E-state index contributed by atoms with van der Waals surface area (Å²) >= 11 is 0. The number of hydrogen-bond acceptors (Lipinski definition) is 3. The molecule has 150 valence electrons. The van der Waals surface area contributed by atoms with Crippen molar-refractivity contribution < 1.29 is 0 Å². The number of hydrogen-bond donors (Lipinski definition) is 0. The summed E-state index contributed by atoms with van der Waals surface area (Å²) in [7, 11) is 0. The van der Waals surface area contributed by atoms with Gasteiger partial charge in [0.2, 0.25) is 0 Å². The summed E-state index contributed by atoms with van der Waals surface area (Å²) in [5.41, 5.74) is 2.31. The second-order valence-corrected chi connectivity index (χ2v) is 7.57. The van der Waals surface area contributed by atoms with Gasteiger partial charge in [-0.15, -0.1) is 0 Å². The summed E-state index contributed by atoms with van der Waals surface area (Å²) in [6.45, 7) is 18.9. The van der Waals surface area contributed by atoms with E-state index in [9.17, 15) is 0 Å². The van der Waals surface area contributed by atoms with Gasteiger partial charge in [0.1, 0.15) is 5.82 Å². The number of rotatable bonds is 3. The molecule has 0 aliphatic rings. The molecule has 0 unspecified atom stereocenters. The van der Waals surface area contributed by atoms with Crippen molar-refractivity contribution in [3.63, 3.8) is 0 Å². The molecule has 0 aromatic carbocycles. The molecule has 3 rings (SSSR count). The van der Waals surface area contributed by atoms with Crippen molar-refractivity contribution >= 4 is 0 Å². The van der Waals surface area contributed by atoms with Crippen molar-refractivity contribution in [2.45, 2.75) is 80.4 Å². The van der Waals surface area contributed by atoms with Crippen molar-refractivity contribution in [3.05, 3.63) is 54.7 Å². The second-order valence-electron chi connectivity index (χ2n) is 7.57. The molecule has 0 aliphatic carbocycles. The number of nitrogens with zero attached hydrogens (tertiary/aromatic N) is 6. The van der Waals surface area contributed by atoms with Crippen LogP contribution in [-0.4, -0.2) is 28.7 Å². The molecular weight excluding hydrogens is 336 g/mol. The van der Waals surface area contributed by atoms with Crippen molar-refractivity contribution in [1.82, 2.24) is 28.7 Å². The maximum atomic E-state index is 4.10. The third-order valence-corrected chi connectivity index (χ3v) is 4.16. The molecule has 6 heteroatoms. The van der Waals surface area contributed by atoms with Gasteiger partial charge in [-0.3, -0.25) is 0 Å². The molecule has 0 spiro atoms. The summed E-state index contributed by atoms with van der Waals surface area (Å²) in [6, 6.07) is 1.60. The van der Waals surface area contributed by atoms with Gasteiger partial charge in [-0.25, -0.2) is 15.0 Å². The van der Waals surface area contributed by atoms with Crippen LogP contribution in [0.5, 0.6) is 0 Å². The fourth-order valence-electron chi connectivity index (χ4n) is 2.57. The lowest BCUT2D eigenvalue weighted by Gasteiger charge is -2.07. The van der Waals surface area contributed by atoms with E-state index >= 15 is 0 Å². The van der Waals surface area contributed by atoms with Crippen molar-refractivity contribution in [3.8, 4) is 0 Å². The maximum absolute atomic E-state index is 4.10. The van der Waals surface area contributed by atoms with E-state index < -0.39 is 0 Å². The average Bonchev–Trinajstić information content (AvgIpc) is 3.29. The number of aromatic nitrogens is 6. The predicted molar refractivity (Wildman–Crippen MR) is 112 cm³/mol. The fraction of sp³-hybridized carbons (Fsp3) is 0.571. The van der Waals surface area contributed by atoms with Gasteiger partial charge in [-0.1, -0.05) is 0 Å². The quantitative estimate of drug-likeness (QED) is 0.625. The highest BCUT2D eigenvalue weighted by atomic mass is 15.1. The molecule has 3 heterocycles. The Morgan fingerprint density at radius 1 is 0.778 bits per heavy atom. The summed E-state index contributed by atoms with van der Waals surface area (Å²) < 4.78 is 6.37. The van der Waals surface area contributed by atoms with Crippen molar-refractivity contribution in [1.29, 1.82) is 0 Å². The SMILES string of the molecule is Cc1cn(C(C)C)cn1.Cc1cncn1C(C)C.Cc1nccn1C(C)C. The standard InChI is InChI=1S/3C7H12N2/c1-6(2)9-4-7(3)8-5-9;1-6(2)9-5-8-4-7(9)3;1-6(2)9-5-4-8-7(9)3/h3*4-6H,1-3H3. The summed E-state index contributed by atoms with van der Waals surface area (Å²) in [5, 5.41) is 0. The van der Waals surface area contributed by atoms with E-state index in [0.29, 0.717) is 18.1 Å². The first-order chi connectivity index (χ1) is 12.6. The molecule has 27 heavy (non-hydrogen) atoms. The van der Waals surface area contributed by atoms with Gasteiger partial charge in [-0.2, -0.15) is 0 Å². The molecule has 0 saturated heterocycles. The minimum atomic E-state index is 0.534. The van der Waals surface area contributed by atoms with E-state index in [1.807, 2.05) is 51.3 Å². The molecule has 0 amide bonds. The largest absolute Gasteiger partial charge is 0.335 e. The van der Waals surface area contributed by atoms with Gasteiger partial charge < -0.3 is 13.7 Å². The van der Waals surface area contributed by atoms with E-state index in [2.05, 4.69) is 77.1 Å². The highest BCUT2D eigenvalue weighted by molar-refractivity contribution is 4.95. The summed E-state index contributed by atoms with van der Waals surface area (Å²) in [5.74, 6) is 1.09. The van der Waals surface area contributed by atoms with Crippen LogP contribution in [0.25, 0.3) is 0 Å². The Balaban J connectivity index is 0.000000202. The van der Waals surface area contributed by atoms with E-state index in [0.717, 1.165) is 11.5 Å². The Morgan fingerprint density at radius 2 is 1.41 bits per heavy atom. The maximum Gasteiger partial charge on any atom is 0.105 e. The predicted octanol–water partition coefficient (Wildman–Crippen LogP) is 5.32. The first kappa shape index (κ1) is 22.7. The highest BCUT2D eigenvalue weighted by Crippen LogP contribution is 2.06. The Bertz CT molecular complexity index is 732. The van der Waals surface area contributed by atoms with Crippen LogP contribution >= 0.6 is 0 Å². The highest BCUT2D eigenvalue weighted by Gasteiger charge is 1.99. The minimum Gasteiger partial charge on any atom is -0.335 e. The van der Waals surface area contributed by atoms with Gasteiger partial charge in [-0.05, 0) is 62.3 Å². The summed E-state index contributed by atoms with van der Waals surface area (Å²) in [4.78, 5) is 12.2. The van der Waals surface area contributed by atoms with Crippen LogP contribution in [0.4, 0.5) is 0 Å². The molecule has 0 radical (unpaired) electrons. The smallest absolute Gasteiger partial charge is 0.105 e. The van der Waals surface area contributed by atoms with Gasteiger partial charge in [0.05, 0.1) is 18.3 Å². The Hall–Kier alpha value is -2.37. The van der Waals surface area contributed by atoms with Crippen LogP contribution < -0.4 is 0 Å². The zero-order valence-electron chi connectivity index (χ0n) is 18.4.